The fourth-order valence-electron chi connectivity index (χ4n) is 2.87. The lowest BCUT2D eigenvalue weighted by molar-refractivity contribution is 0.0947. The summed E-state index contributed by atoms with van der Waals surface area (Å²) in [6.07, 6.45) is 0. The Kier molecular flexibility index (Phi) is 5.86. The number of piperazine rings is 1. The van der Waals surface area contributed by atoms with Gasteiger partial charge in [0.25, 0.3) is 5.91 Å². The van der Waals surface area contributed by atoms with Gasteiger partial charge >= 0.3 is 0 Å². The molecule has 0 unspecified atom stereocenters. The molecule has 4 nitrogen and oxygen atoms in total. The molecule has 1 aliphatic heterocycles. The monoisotopic (exact) mass is 343 g/mol. The maximum atomic E-state index is 12.5. The van der Waals surface area contributed by atoms with Crippen molar-refractivity contribution >= 4 is 17.5 Å². The van der Waals surface area contributed by atoms with E-state index >= 15 is 0 Å². The van der Waals surface area contributed by atoms with Crippen LogP contribution in [0, 0.1) is 0 Å². The minimum atomic E-state index is -0.118. The standard InChI is InChI=1S/C19H22ClN3O/c20-18-7-6-16(15-4-2-1-3-5-15)14-17(18)19(24)22-10-13-23-11-8-21-9-12-23/h1-7,14,21H,8-13H2,(H,22,24). The van der Waals surface area contributed by atoms with Gasteiger partial charge in [-0.3, -0.25) is 9.69 Å². The van der Waals surface area contributed by atoms with Crippen LogP contribution in [0.15, 0.2) is 48.5 Å². The summed E-state index contributed by atoms with van der Waals surface area (Å²) < 4.78 is 0. The minimum absolute atomic E-state index is 0.118. The minimum Gasteiger partial charge on any atom is -0.351 e. The molecule has 24 heavy (non-hydrogen) atoms. The Balaban J connectivity index is 1.63. The van der Waals surface area contributed by atoms with E-state index in [1.165, 1.54) is 0 Å². The van der Waals surface area contributed by atoms with Crippen LogP contribution in [0.5, 0.6) is 0 Å². The third-order valence-corrected chi connectivity index (χ3v) is 4.57. The van der Waals surface area contributed by atoms with Gasteiger partial charge in [-0.15, -0.1) is 0 Å². The lowest BCUT2D eigenvalue weighted by Crippen LogP contribution is -2.46. The summed E-state index contributed by atoms with van der Waals surface area (Å²) in [5, 5.41) is 6.78. The molecule has 0 aromatic heterocycles. The molecule has 0 spiro atoms. The fourth-order valence-corrected chi connectivity index (χ4v) is 3.07. The van der Waals surface area contributed by atoms with Gasteiger partial charge in [0, 0.05) is 39.3 Å². The Labute approximate surface area is 147 Å². The third-order valence-electron chi connectivity index (χ3n) is 4.24. The van der Waals surface area contributed by atoms with Gasteiger partial charge in [-0.1, -0.05) is 48.0 Å². The van der Waals surface area contributed by atoms with Crippen LogP contribution in [0.3, 0.4) is 0 Å². The zero-order valence-electron chi connectivity index (χ0n) is 13.6. The first-order chi connectivity index (χ1) is 11.7. The first-order valence-electron chi connectivity index (χ1n) is 8.30. The van der Waals surface area contributed by atoms with Crippen molar-refractivity contribution in [1.29, 1.82) is 0 Å². The van der Waals surface area contributed by atoms with Crippen LogP contribution >= 0.6 is 11.6 Å². The molecule has 2 aromatic carbocycles. The van der Waals surface area contributed by atoms with Crippen LogP contribution in [-0.4, -0.2) is 50.1 Å². The van der Waals surface area contributed by atoms with E-state index in [2.05, 4.69) is 15.5 Å². The molecule has 2 aromatic rings. The summed E-state index contributed by atoms with van der Waals surface area (Å²) in [5.41, 5.74) is 2.59. The molecular formula is C19H22ClN3O. The second-order valence-electron chi connectivity index (χ2n) is 5.91. The highest BCUT2D eigenvalue weighted by Crippen LogP contribution is 2.25. The molecule has 3 rings (SSSR count). The van der Waals surface area contributed by atoms with Crippen molar-refractivity contribution in [2.45, 2.75) is 0 Å². The van der Waals surface area contributed by atoms with Crippen molar-refractivity contribution in [2.75, 3.05) is 39.3 Å². The van der Waals surface area contributed by atoms with Crippen molar-refractivity contribution in [3.63, 3.8) is 0 Å². The van der Waals surface area contributed by atoms with Crippen LogP contribution in [0.4, 0.5) is 0 Å². The Morgan fingerprint density at radius 1 is 1.08 bits per heavy atom. The van der Waals surface area contributed by atoms with E-state index in [4.69, 9.17) is 11.6 Å². The average Bonchev–Trinajstić information content (AvgIpc) is 2.63. The normalized spacial score (nSPS) is 15.2. The molecule has 2 N–H and O–H groups in total. The SMILES string of the molecule is O=C(NCCN1CCNCC1)c1cc(-c2ccccc2)ccc1Cl. The number of halogens is 1. The smallest absolute Gasteiger partial charge is 0.252 e. The Morgan fingerprint density at radius 2 is 1.83 bits per heavy atom. The van der Waals surface area contributed by atoms with Crippen molar-refractivity contribution < 1.29 is 4.79 Å². The highest BCUT2D eigenvalue weighted by molar-refractivity contribution is 6.34. The van der Waals surface area contributed by atoms with E-state index in [-0.39, 0.29) is 5.91 Å². The summed E-state index contributed by atoms with van der Waals surface area (Å²) in [4.78, 5) is 14.8. The number of hydrogen-bond acceptors (Lipinski definition) is 3. The van der Waals surface area contributed by atoms with E-state index in [0.29, 0.717) is 17.1 Å². The molecule has 0 aliphatic carbocycles. The quantitative estimate of drug-likeness (QED) is 0.877. The van der Waals surface area contributed by atoms with Crippen LogP contribution in [0.25, 0.3) is 11.1 Å². The first-order valence-corrected chi connectivity index (χ1v) is 8.68. The molecule has 1 fully saturated rings. The number of nitrogens with zero attached hydrogens (tertiary/aromatic N) is 1. The van der Waals surface area contributed by atoms with Crippen molar-refractivity contribution in [1.82, 2.24) is 15.5 Å². The number of amides is 1. The van der Waals surface area contributed by atoms with Gasteiger partial charge in [-0.25, -0.2) is 0 Å². The Bertz CT molecular complexity index is 684. The van der Waals surface area contributed by atoms with Gasteiger partial charge in [0.15, 0.2) is 0 Å². The highest BCUT2D eigenvalue weighted by Gasteiger charge is 2.13. The summed E-state index contributed by atoms with van der Waals surface area (Å²) in [7, 11) is 0. The number of carbonyl (C=O) groups excluding carboxylic acids is 1. The molecule has 5 heteroatoms. The first kappa shape index (κ1) is 17.0. The molecule has 126 valence electrons. The lowest BCUT2D eigenvalue weighted by Gasteiger charge is -2.27. The van der Waals surface area contributed by atoms with Crippen molar-refractivity contribution in [2.24, 2.45) is 0 Å². The van der Waals surface area contributed by atoms with Crippen molar-refractivity contribution in [3.05, 3.63) is 59.1 Å². The Morgan fingerprint density at radius 3 is 2.58 bits per heavy atom. The maximum absolute atomic E-state index is 12.5. The number of rotatable bonds is 5. The predicted molar refractivity (Wildman–Crippen MR) is 98.5 cm³/mol. The van der Waals surface area contributed by atoms with E-state index < -0.39 is 0 Å². The van der Waals surface area contributed by atoms with Gasteiger partial charge < -0.3 is 10.6 Å². The molecule has 0 bridgehead atoms. The highest BCUT2D eigenvalue weighted by atomic mass is 35.5. The second-order valence-corrected chi connectivity index (χ2v) is 6.32. The molecule has 1 heterocycles. The molecule has 1 amide bonds. The molecule has 0 saturated carbocycles. The topological polar surface area (TPSA) is 44.4 Å². The summed E-state index contributed by atoms with van der Waals surface area (Å²) in [6, 6.07) is 15.6. The molecule has 0 atom stereocenters. The van der Waals surface area contributed by atoms with Crippen LogP contribution in [0.1, 0.15) is 10.4 Å². The average molecular weight is 344 g/mol. The largest absolute Gasteiger partial charge is 0.351 e. The van der Waals surface area contributed by atoms with E-state index in [1.54, 1.807) is 6.07 Å². The number of nitrogens with one attached hydrogen (secondary N) is 2. The summed E-state index contributed by atoms with van der Waals surface area (Å²) in [6.45, 7) is 5.58. The van der Waals surface area contributed by atoms with Gasteiger partial charge in [0.05, 0.1) is 10.6 Å². The van der Waals surface area contributed by atoms with Gasteiger partial charge in [0.1, 0.15) is 0 Å². The van der Waals surface area contributed by atoms with Gasteiger partial charge in [-0.2, -0.15) is 0 Å². The number of hydrogen-bond donors (Lipinski definition) is 2. The Hall–Kier alpha value is -1.88. The van der Waals surface area contributed by atoms with E-state index in [0.717, 1.165) is 43.9 Å². The molecule has 1 saturated heterocycles. The van der Waals surface area contributed by atoms with E-state index in [1.807, 2.05) is 42.5 Å². The third kappa shape index (κ3) is 4.35. The van der Waals surface area contributed by atoms with Gasteiger partial charge in [-0.05, 0) is 23.3 Å². The number of carbonyl (C=O) groups is 1. The van der Waals surface area contributed by atoms with E-state index in [9.17, 15) is 4.79 Å². The summed E-state index contributed by atoms with van der Waals surface area (Å²) in [5.74, 6) is -0.118. The molecule has 1 aliphatic rings. The molecule has 0 radical (unpaired) electrons. The summed E-state index contributed by atoms with van der Waals surface area (Å²) >= 11 is 6.23. The number of benzene rings is 2. The fraction of sp³-hybridized carbons (Fsp3) is 0.316. The van der Waals surface area contributed by atoms with Crippen LogP contribution < -0.4 is 10.6 Å². The predicted octanol–water partition coefficient (Wildman–Crippen LogP) is 2.64. The van der Waals surface area contributed by atoms with Crippen LogP contribution in [-0.2, 0) is 0 Å². The van der Waals surface area contributed by atoms with Crippen LogP contribution in [0.2, 0.25) is 5.02 Å². The maximum Gasteiger partial charge on any atom is 0.252 e. The second kappa shape index (κ2) is 8.29. The van der Waals surface area contributed by atoms with Gasteiger partial charge in [0.2, 0.25) is 0 Å². The lowest BCUT2D eigenvalue weighted by atomic mass is 10.0. The zero-order chi connectivity index (χ0) is 16.8. The molecular weight excluding hydrogens is 322 g/mol. The zero-order valence-corrected chi connectivity index (χ0v) is 14.4. The van der Waals surface area contributed by atoms with Crippen molar-refractivity contribution in [3.8, 4) is 11.1 Å².